The predicted octanol–water partition coefficient (Wildman–Crippen LogP) is 4.99. The molecule has 0 spiro atoms. The summed E-state index contributed by atoms with van der Waals surface area (Å²) in [6, 6.07) is 19.7. The molecule has 1 heterocycles. The molecule has 4 rings (SSSR count). The van der Waals surface area contributed by atoms with Gasteiger partial charge in [-0.1, -0.05) is 41.6 Å². The molecule has 5 nitrogen and oxygen atoms in total. The Balaban J connectivity index is 1.33. The fourth-order valence-electron chi connectivity index (χ4n) is 3.02. The topological polar surface area (TPSA) is 68.0 Å². The zero-order valence-electron chi connectivity index (χ0n) is 15.1. The number of carbonyl (C=O) groups excluding carboxylic acids is 1. The van der Waals surface area contributed by atoms with Crippen molar-refractivity contribution in [2.24, 2.45) is 0 Å². The van der Waals surface area contributed by atoms with E-state index in [9.17, 15) is 9.18 Å². The number of amides is 1. The molecule has 0 radical (unpaired) electrons. The number of nitrogens with zero attached hydrogens (tertiary/aromatic N) is 2. The lowest BCUT2D eigenvalue weighted by molar-refractivity contribution is -0.116. The van der Waals surface area contributed by atoms with E-state index in [1.165, 1.54) is 12.1 Å². The van der Waals surface area contributed by atoms with Crippen LogP contribution in [0.15, 0.2) is 71.3 Å². The van der Waals surface area contributed by atoms with Gasteiger partial charge in [-0.25, -0.2) is 4.39 Å². The highest BCUT2D eigenvalue weighted by Gasteiger charge is 2.10. The number of carbonyl (C=O) groups is 1. The van der Waals surface area contributed by atoms with Crippen molar-refractivity contribution in [3.63, 3.8) is 0 Å². The molecule has 6 heteroatoms. The largest absolute Gasteiger partial charge is 0.339 e. The van der Waals surface area contributed by atoms with Crippen LogP contribution in [0.2, 0.25) is 0 Å². The summed E-state index contributed by atoms with van der Waals surface area (Å²) in [6.07, 6.45) is 1.43. The van der Waals surface area contributed by atoms with E-state index in [2.05, 4.69) is 15.5 Å². The third-order valence-electron chi connectivity index (χ3n) is 4.43. The fourth-order valence-corrected chi connectivity index (χ4v) is 3.02. The number of benzene rings is 3. The summed E-state index contributed by atoms with van der Waals surface area (Å²) in [5, 5.41) is 8.97. The molecular weight excluding hydrogens is 357 g/mol. The SMILES string of the molecule is O=C(CCCc1nc(-c2ccc(F)cc2)no1)Nc1cccc2ccccc12. The number of fused-ring (bicyclic) bond motifs is 1. The average Bonchev–Trinajstić information content (AvgIpc) is 3.18. The third kappa shape index (κ3) is 4.06. The van der Waals surface area contributed by atoms with E-state index >= 15 is 0 Å². The Bertz CT molecular complexity index is 1100. The minimum Gasteiger partial charge on any atom is -0.339 e. The lowest BCUT2D eigenvalue weighted by Crippen LogP contribution is -2.11. The molecule has 0 fully saturated rings. The Hall–Kier alpha value is -3.54. The number of anilines is 1. The lowest BCUT2D eigenvalue weighted by atomic mass is 10.1. The first kappa shape index (κ1) is 17.9. The van der Waals surface area contributed by atoms with Crippen LogP contribution in [0.1, 0.15) is 18.7 Å². The molecule has 0 saturated carbocycles. The van der Waals surface area contributed by atoms with E-state index in [0.29, 0.717) is 36.5 Å². The highest BCUT2D eigenvalue weighted by molar-refractivity contribution is 6.02. The molecule has 28 heavy (non-hydrogen) atoms. The van der Waals surface area contributed by atoms with Gasteiger partial charge in [-0.15, -0.1) is 0 Å². The number of aryl methyl sites for hydroxylation is 1. The van der Waals surface area contributed by atoms with E-state index in [-0.39, 0.29) is 11.7 Å². The minimum absolute atomic E-state index is 0.0605. The van der Waals surface area contributed by atoms with Crippen molar-refractivity contribution in [1.82, 2.24) is 10.1 Å². The van der Waals surface area contributed by atoms with Crippen LogP contribution in [0.25, 0.3) is 22.2 Å². The van der Waals surface area contributed by atoms with Crippen LogP contribution in [0.3, 0.4) is 0 Å². The van der Waals surface area contributed by atoms with Gasteiger partial charge in [0.15, 0.2) is 0 Å². The highest BCUT2D eigenvalue weighted by atomic mass is 19.1. The van der Waals surface area contributed by atoms with E-state index in [0.717, 1.165) is 16.5 Å². The first-order valence-corrected chi connectivity index (χ1v) is 9.05. The van der Waals surface area contributed by atoms with Gasteiger partial charge < -0.3 is 9.84 Å². The van der Waals surface area contributed by atoms with E-state index in [1.807, 2.05) is 42.5 Å². The van der Waals surface area contributed by atoms with Gasteiger partial charge in [0.05, 0.1) is 0 Å². The number of aromatic nitrogens is 2. The van der Waals surface area contributed by atoms with E-state index in [4.69, 9.17) is 4.52 Å². The molecule has 0 atom stereocenters. The second kappa shape index (κ2) is 8.00. The number of nitrogens with one attached hydrogen (secondary N) is 1. The van der Waals surface area contributed by atoms with Crippen molar-refractivity contribution in [2.45, 2.75) is 19.3 Å². The molecule has 0 bridgehead atoms. The molecule has 1 N–H and O–H groups in total. The summed E-state index contributed by atoms with van der Waals surface area (Å²) < 4.78 is 18.2. The van der Waals surface area contributed by atoms with Gasteiger partial charge >= 0.3 is 0 Å². The van der Waals surface area contributed by atoms with Crippen molar-refractivity contribution >= 4 is 22.4 Å². The molecule has 0 unspecified atom stereocenters. The summed E-state index contributed by atoms with van der Waals surface area (Å²) >= 11 is 0. The van der Waals surface area contributed by atoms with E-state index < -0.39 is 0 Å². The molecular formula is C22H18FN3O2. The van der Waals surface area contributed by atoms with Crippen molar-refractivity contribution in [3.05, 3.63) is 78.4 Å². The number of halogens is 1. The monoisotopic (exact) mass is 375 g/mol. The van der Waals surface area contributed by atoms with E-state index in [1.54, 1.807) is 12.1 Å². The third-order valence-corrected chi connectivity index (χ3v) is 4.43. The van der Waals surface area contributed by atoms with Gasteiger partial charge in [0.2, 0.25) is 17.6 Å². The van der Waals surface area contributed by atoms with Gasteiger partial charge in [0.1, 0.15) is 5.82 Å². The van der Waals surface area contributed by atoms with Crippen LogP contribution in [-0.2, 0) is 11.2 Å². The van der Waals surface area contributed by atoms with Crippen molar-refractivity contribution in [3.8, 4) is 11.4 Å². The smallest absolute Gasteiger partial charge is 0.226 e. The van der Waals surface area contributed by atoms with Gasteiger partial charge in [0, 0.05) is 29.5 Å². The van der Waals surface area contributed by atoms with Crippen LogP contribution in [0, 0.1) is 5.82 Å². The van der Waals surface area contributed by atoms with Crippen LogP contribution < -0.4 is 5.32 Å². The Labute approximate surface area is 161 Å². The second-order valence-corrected chi connectivity index (χ2v) is 6.45. The number of hydrogen-bond donors (Lipinski definition) is 1. The number of rotatable bonds is 6. The molecule has 0 aliphatic heterocycles. The molecule has 4 aromatic rings. The Kier molecular flexibility index (Phi) is 5.10. The maximum atomic E-state index is 13.0. The van der Waals surface area contributed by atoms with Gasteiger partial charge in [-0.2, -0.15) is 4.98 Å². The average molecular weight is 375 g/mol. The molecule has 140 valence electrons. The molecule has 1 aromatic heterocycles. The quantitative estimate of drug-likeness (QED) is 0.515. The summed E-state index contributed by atoms with van der Waals surface area (Å²) in [5.41, 5.74) is 1.49. The van der Waals surface area contributed by atoms with Crippen molar-refractivity contribution in [2.75, 3.05) is 5.32 Å². The zero-order valence-corrected chi connectivity index (χ0v) is 15.1. The fraction of sp³-hybridized carbons (Fsp3) is 0.136. The standard InChI is InChI=1S/C22H18FN3O2/c23-17-13-11-16(12-14-17)22-25-21(28-26-22)10-4-9-20(27)24-19-8-3-6-15-5-1-2-7-18(15)19/h1-3,5-8,11-14H,4,9-10H2,(H,24,27). The summed E-state index contributed by atoms with van der Waals surface area (Å²) in [7, 11) is 0. The van der Waals surface area contributed by atoms with Gasteiger partial charge in [0.25, 0.3) is 0 Å². The van der Waals surface area contributed by atoms with Crippen molar-refractivity contribution < 1.29 is 13.7 Å². The molecule has 0 aliphatic carbocycles. The van der Waals surface area contributed by atoms with Crippen LogP contribution in [0.4, 0.5) is 10.1 Å². The highest BCUT2D eigenvalue weighted by Crippen LogP contribution is 2.23. The van der Waals surface area contributed by atoms with Gasteiger partial charge in [-0.3, -0.25) is 4.79 Å². The Morgan fingerprint density at radius 2 is 1.79 bits per heavy atom. The first-order chi connectivity index (χ1) is 13.7. The normalized spacial score (nSPS) is 10.9. The molecule has 0 aliphatic rings. The maximum Gasteiger partial charge on any atom is 0.226 e. The molecule has 1 amide bonds. The summed E-state index contributed by atoms with van der Waals surface area (Å²) in [4.78, 5) is 16.6. The van der Waals surface area contributed by atoms with Crippen molar-refractivity contribution in [1.29, 1.82) is 0 Å². The Morgan fingerprint density at radius 1 is 1.00 bits per heavy atom. The molecule has 3 aromatic carbocycles. The van der Waals surface area contributed by atoms with Crippen LogP contribution in [0.5, 0.6) is 0 Å². The zero-order chi connectivity index (χ0) is 19.3. The summed E-state index contributed by atoms with van der Waals surface area (Å²) in [6.45, 7) is 0. The maximum absolute atomic E-state index is 13.0. The first-order valence-electron chi connectivity index (χ1n) is 9.05. The summed E-state index contributed by atoms with van der Waals surface area (Å²) in [5.74, 6) is 0.492. The molecule has 0 saturated heterocycles. The minimum atomic E-state index is -0.315. The predicted molar refractivity (Wildman–Crippen MR) is 105 cm³/mol. The van der Waals surface area contributed by atoms with Crippen LogP contribution in [-0.4, -0.2) is 16.0 Å². The van der Waals surface area contributed by atoms with Gasteiger partial charge in [-0.05, 0) is 42.1 Å². The number of hydrogen-bond acceptors (Lipinski definition) is 4. The lowest BCUT2D eigenvalue weighted by Gasteiger charge is -2.08. The Morgan fingerprint density at radius 3 is 2.64 bits per heavy atom. The second-order valence-electron chi connectivity index (χ2n) is 6.45. The van der Waals surface area contributed by atoms with Crippen LogP contribution >= 0.6 is 0 Å².